The van der Waals surface area contributed by atoms with Crippen LogP contribution >= 0.6 is 11.8 Å². The Morgan fingerprint density at radius 3 is 2.62 bits per heavy atom. The first kappa shape index (κ1) is 19.5. The molecule has 1 aliphatic rings. The van der Waals surface area contributed by atoms with Crippen molar-refractivity contribution in [1.82, 2.24) is 19.5 Å². The van der Waals surface area contributed by atoms with Gasteiger partial charge in [-0.15, -0.1) is 0 Å². The highest BCUT2D eigenvalue weighted by atomic mass is 32.2. The van der Waals surface area contributed by atoms with Gasteiger partial charge < -0.3 is 25.8 Å². The van der Waals surface area contributed by atoms with Gasteiger partial charge >= 0.3 is 0 Å². The van der Waals surface area contributed by atoms with E-state index in [4.69, 9.17) is 10.5 Å². The summed E-state index contributed by atoms with van der Waals surface area (Å²) in [4.78, 5) is 22.8. The van der Waals surface area contributed by atoms with Gasteiger partial charge in [-0.1, -0.05) is 11.8 Å². The fourth-order valence-electron chi connectivity index (χ4n) is 3.06. The molecule has 1 unspecified atom stereocenters. The Morgan fingerprint density at radius 2 is 1.93 bits per heavy atom. The smallest absolute Gasteiger partial charge is 0.269 e. The lowest BCUT2D eigenvalue weighted by Crippen LogP contribution is -2.37. The molecule has 1 aliphatic heterocycles. The molecule has 152 valence electrons. The van der Waals surface area contributed by atoms with Gasteiger partial charge in [-0.2, -0.15) is 0 Å². The fraction of sp³-hybridized carbons (Fsp3) is 0.312. The first-order chi connectivity index (χ1) is 13.9. The molecule has 2 aromatic heterocycles. The summed E-state index contributed by atoms with van der Waals surface area (Å²) in [5.41, 5.74) is 5.06. The molecular weight excluding hydrogens is 404 g/mol. The topological polar surface area (TPSA) is 183 Å². The van der Waals surface area contributed by atoms with Crippen molar-refractivity contribution in [1.29, 1.82) is 0 Å². The molecular formula is C16H16N6O6S. The highest BCUT2D eigenvalue weighted by Gasteiger charge is 2.47. The van der Waals surface area contributed by atoms with Crippen molar-refractivity contribution in [3.63, 3.8) is 0 Å². The summed E-state index contributed by atoms with van der Waals surface area (Å²) >= 11 is 0.939. The molecule has 29 heavy (non-hydrogen) atoms. The molecule has 1 fully saturated rings. The number of nitrogens with zero attached hydrogens (tertiary/aromatic N) is 5. The second-order valence-corrected chi connectivity index (χ2v) is 7.50. The Kier molecular flexibility index (Phi) is 5.06. The Bertz CT molecular complexity index is 1050. The van der Waals surface area contributed by atoms with Gasteiger partial charge in [0.1, 0.15) is 35.6 Å². The quantitative estimate of drug-likeness (QED) is 0.189. The number of nitro benzene ring substituents is 1. The molecule has 1 saturated heterocycles. The van der Waals surface area contributed by atoms with E-state index in [-0.39, 0.29) is 11.5 Å². The van der Waals surface area contributed by atoms with Gasteiger partial charge in [-0.3, -0.25) is 14.7 Å². The van der Waals surface area contributed by atoms with E-state index in [1.54, 1.807) is 0 Å². The van der Waals surface area contributed by atoms with Gasteiger partial charge in [-0.05, 0) is 12.1 Å². The second-order valence-electron chi connectivity index (χ2n) is 6.31. The van der Waals surface area contributed by atoms with Crippen LogP contribution in [0.15, 0.2) is 41.8 Å². The Balaban J connectivity index is 1.53. The van der Waals surface area contributed by atoms with Crippen LogP contribution < -0.4 is 5.73 Å². The average molecular weight is 420 g/mol. The molecule has 0 bridgehead atoms. The predicted octanol–water partition coefficient (Wildman–Crippen LogP) is 0.0466. The lowest BCUT2D eigenvalue weighted by molar-refractivity contribution is -0.384. The number of aliphatic hydroxyl groups excluding tert-OH is 3. The number of hydrogen-bond acceptors (Lipinski definition) is 11. The largest absolute Gasteiger partial charge is 0.387 e. The summed E-state index contributed by atoms with van der Waals surface area (Å²) < 4.78 is 7.12. The van der Waals surface area contributed by atoms with E-state index < -0.39 is 34.9 Å². The van der Waals surface area contributed by atoms with Crippen LogP contribution in [0.25, 0.3) is 11.2 Å². The van der Waals surface area contributed by atoms with Crippen molar-refractivity contribution in [2.24, 2.45) is 0 Å². The van der Waals surface area contributed by atoms with Crippen molar-refractivity contribution in [3.8, 4) is 0 Å². The molecule has 1 aromatic carbocycles. The van der Waals surface area contributed by atoms with Crippen LogP contribution in [-0.2, 0) is 4.74 Å². The number of anilines is 1. The van der Waals surface area contributed by atoms with Crippen LogP contribution in [-0.4, -0.2) is 63.5 Å². The molecule has 3 aromatic rings. The number of nitrogens with two attached hydrogens (primary N) is 1. The Labute approximate surface area is 167 Å². The number of aliphatic hydroxyl groups is 3. The number of imidazole rings is 1. The molecule has 0 saturated carbocycles. The van der Waals surface area contributed by atoms with Gasteiger partial charge in [0.15, 0.2) is 17.7 Å². The molecule has 4 rings (SSSR count). The number of rotatable bonds is 5. The maximum Gasteiger partial charge on any atom is 0.269 e. The first-order valence-corrected chi connectivity index (χ1v) is 9.28. The minimum atomic E-state index is -1.39. The summed E-state index contributed by atoms with van der Waals surface area (Å²) in [5.74, 6) is 0.159. The second kappa shape index (κ2) is 7.53. The molecule has 0 spiro atoms. The summed E-state index contributed by atoms with van der Waals surface area (Å²) in [6.45, 7) is 0. The highest BCUT2D eigenvalue weighted by molar-refractivity contribution is 7.99. The average Bonchev–Trinajstić information content (AvgIpc) is 3.25. The molecule has 5 atom stereocenters. The van der Waals surface area contributed by atoms with Gasteiger partial charge in [0.2, 0.25) is 0 Å². The number of hydrogen-bond donors (Lipinski definition) is 4. The van der Waals surface area contributed by atoms with E-state index >= 15 is 0 Å². The van der Waals surface area contributed by atoms with Crippen LogP contribution in [0.4, 0.5) is 11.5 Å². The van der Waals surface area contributed by atoms with Gasteiger partial charge in [0, 0.05) is 17.0 Å². The molecule has 12 nitrogen and oxygen atoms in total. The van der Waals surface area contributed by atoms with E-state index in [2.05, 4.69) is 15.0 Å². The van der Waals surface area contributed by atoms with E-state index in [0.717, 1.165) is 11.8 Å². The summed E-state index contributed by atoms with van der Waals surface area (Å²) in [5, 5.41) is 42.1. The van der Waals surface area contributed by atoms with E-state index in [9.17, 15) is 25.4 Å². The summed E-state index contributed by atoms with van der Waals surface area (Å²) in [6, 6.07) is 5.56. The number of nitrogen functional groups attached to an aromatic ring is 1. The van der Waals surface area contributed by atoms with E-state index in [0.29, 0.717) is 16.1 Å². The van der Waals surface area contributed by atoms with Crippen molar-refractivity contribution >= 4 is 34.4 Å². The van der Waals surface area contributed by atoms with E-state index in [1.165, 1.54) is 41.5 Å². The van der Waals surface area contributed by atoms with Crippen LogP contribution in [0.5, 0.6) is 0 Å². The zero-order valence-corrected chi connectivity index (χ0v) is 15.5. The zero-order chi connectivity index (χ0) is 20.7. The highest BCUT2D eigenvalue weighted by Crippen LogP contribution is 2.37. The van der Waals surface area contributed by atoms with Gasteiger partial charge in [0.25, 0.3) is 5.69 Å². The normalized spacial score (nSPS) is 25.3. The van der Waals surface area contributed by atoms with Crippen molar-refractivity contribution in [3.05, 3.63) is 47.0 Å². The maximum absolute atomic E-state index is 10.7. The van der Waals surface area contributed by atoms with Crippen molar-refractivity contribution < 1.29 is 25.0 Å². The van der Waals surface area contributed by atoms with Crippen LogP contribution in [0.2, 0.25) is 0 Å². The Hall–Kier alpha value is -2.84. The van der Waals surface area contributed by atoms with E-state index in [1.807, 2.05) is 0 Å². The summed E-state index contributed by atoms with van der Waals surface area (Å²) in [6.07, 6.45) is -2.34. The number of ether oxygens (including phenoxy) is 1. The standard InChI is InChI=1S/C16H16N6O6S/c17-13-9-14(19-5-18-13)21(6-20-9)15-11(24)10(23)12(28-15)16(25)29-8-3-1-7(2-4-8)22(26)27/h1-6,10-12,15-16,23-25H,(H2,17,18,19)/t10-,11+,12-,15+,16?/m0/s1. The third-order valence-electron chi connectivity index (χ3n) is 4.52. The molecule has 13 heteroatoms. The van der Waals surface area contributed by atoms with Gasteiger partial charge in [0.05, 0.1) is 11.3 Å². The van der Waals surface area contributed by atoms with Gasteiger partial charge in [-0.25, -0.2) is 15.0 Å². The molecule has 0 aliphatic carbocycles. The summed E-state index contributed by atoms with van der Waals surface area (Å²) in [7, 11) is 0. The zero-order valence-electron chi connectivity index (χ0n) is 14.6. The molecule has 0 amide bonds. The van der Waals surface area contributed by atoms with Crippen molar-refractivity contribution in [2.75, 3.05) is 5.73 Å². The maximum atomic E-state index is 10.7. The Morgan fingerprint density at radius 1 is 1.21 bits per heavy atom. The number of aromatic nitrogens is 4. The lowest BCUT2D eigenvalue weighted by atomic mass is 10.1. The number of thioether (sulfide) groups is 1. The SMILES string of the molecule is Nc1ncnc2c1ncn2[C@@H]1O[C@H](C(O)Sc2ccc([N+](=O)[O-])cc2)[C@@H](O)[C@H]1O. The number of non-ortho nitro benzene ring substituents is 1. The number of fused-ring (bicyclic) bond motifs is 1. The minimum absolute atomic E-state index is 0.0790. The number of nitro groups is 1. The molecule has 3 heterocycles. The third kappa shape index (κ3) is 3.49. The lowest BCUT2D eigenvalue weighted by Gasteiger charge is -2.20. The minimum Gasteiger partial charge on any atom is -0.387 e. The number of benzene rings is 1. The fourth-order valence-corrected chi connectivity index (χ4v) is 3.99. The van der Waals surface area contributed by atoms with Crippen molar-refractivity contribution in [2.45, 2.75) is 34.9 Å². The van der Waals surface area contributed by atoms with Crippen LogP contribution in [0.3, 0.4) is 0 Å². The van der Waals surface area contributed by atoms with Crippen LogP contribution in [0.1, 0.15) is 6.23 Å². The third-order valence-corrected chi connectivity index (χ3v) is 5.58. The molecule has 0 radical (unpaired) electrons. The monoisotopic (exact) mass is 420 g/mol. The predicted molar refractivity (Wildman–Crippen MR) is 101 cm³/mol. The van der Waals surface area contributed by atoms with Crippen LogP contribution in [0, 0.1) is 10.1 Å². The first-order valence-electron chi connectivity index (χ1n) is 8.40. The molecule has 5 N–H and O–H groups in total.